The third-order valence-corrected chi connectivity index (χ3v) is 7.61. The van der Waals surface area contributed by atoms with E-state index in [1.807, 2.05) is 18.2 Å². The van der Waals surface area contributed by atoms with Crippen molar-refractivity contribution in [2.24, 2.45) is 0 Å². The molecule has 8 aromatic rings. The summed E-state index contributed by atoms with van der Waals surface area (Å²) in [6.45, 7) is 0. The van der Waals surface area contributed by atoms with Gasteiger partial charge in [0, 0.05) is 16.3 Å². The average Bonchev–Trinajstić information content (AvgIpc) is 2.96. The molecule has 0 bridgehead atoms. The molecule has 0 fully saturated rings. The second kappa shape index (κ2) is 7.94. The molecule has 0 aliphatic heterocycles. The molecule has 0 amide bonds. The van der Waals surface area contributed by atoms with Crippen LogP contribution in [0.15, 0.2) is 115 Å². The quantitative estimate of drug-likeness (QED) is 0.170. The third kappa shape index (κ3) is 3.04. The van der Waals surface area contributed by atoms with Gasteiger partial charge < -0.3 is 19.0 Å². The van der Waals surface area contributed by atoms with Crippen molar-refractivity contribution in [2.75, 3.05) is 0 Å². The maximum Gasteiger partial charge on any atom is 0.201 e. The Kier molecular flexibility index (Phi) is 4.44. The summed E-state index contributed by atoms with van der Waals surface area (Å²) in [5, 5.41) is 25.3. The molecule has 6 aromatic carbocycles. The summed E-state index contributed by atoms with van der Waals surface area (Å²) in [6.07, 6.45) is 0. The molecule has 40 heavy (non-hydrogen) atoms. The van der Waals surface area contributed by atoms with Crippen molar-refractivity contribution in [3.05, 3.63) is 118 Å². The van der Waals surface area contributed by atoms with Gasteiger partial charge in [-0.25, -0.2) is 0 Å². The maximum absolute atomic E-state index is 13.8. The van der Waals surface area contributed by atoms with E-state index in [9.17, 15) is 19.8 Å². The summed E-state index contributed by atoms with van der Waals surface area (Å²) in [4.78, 5) is 27.4. The lowest BCUT2D eigenvalue weighted by molar-refractivity contribution is 0.476. The van der Waals surface area contributed by atoms with E-state index < -0.39 is 0 Å². The van der Waals surface area contributed by atoms with Crippen LogP contribution in [0.4, 0.5) is 0 Å². The molecule has 2 heterocycles. The van der Waals surface area contributed by atoms with Crippen molar-refractivity contribution in [1.29, 1.82) is 0 Å². The Bertz CT molecular complexity index is 2500. The minimum Gasteiger partial charge on any atom is -0.508 e. The topological polar surface area (TPSA) is 101 Å². The Morgan fingerprint density at radius 3 is 1.98 bits per heavy atom. The Morgan fingerprint density at radius 2 is 1.20 bits per heavy atom. The van der Waals surface area contributed by atoms with Gasteiger partial charge in [0.25, 0.3) is 0 Å². The first-order chi connectivity index (χ1) is 19.5. The molecule has 8 rings (SSSR count). The summed E-state index contributed by atoms with van der Waals surface area (Å²) in [7, 11) is 0. The SMILES string of the molecule is O=c1c2ccccc2oc2ccc3c(O)cc(-c4cc5cc(O)ccc5c5c(=O)c6ccccc6oc45)cc3c12. The molecule has 0 spiro atoms. The Morgan fingerprint density at radius 1 is 0.525 bits per heavy atom. The van der Waals surface area contributed by atoms with Gasteiger partial charge >= 0.3 is 0 Å². The predicted molar refractivity (Wildman–Crippen MR) is 157 cm³/mol. The molecule has 190 valence electrons. The van der Waals surface area contributed by atoms with E-state index in [0.29, 0.717) is 76.5 Å². The first-order valence-corrected chi connectivity index (χ1v) is 12.7. The van der Waals surface area contributed by atoms with Gasteiger partial charge in [0.15, 0.2) is 0 Å². The number of fused-ring (bicyclic) bond motifs is 8. The first kappa shape index (κ1) is 22.4. The van der Waals surface area contributed by atoms with Crippen LogP contribution in [0, 0.1) is 0 Å². The average molecular weight is 523 g/mol. The first-order valence-electron chi connectivity index (χ1n) is 12.7. The highest BCUT2D eigenvalue weighted by molar-refractivity contribution is 6.16. The lowest BCUT2D eigenvalue weighted by atomic mass is 9.93. The van der Waals surface area contributed by atoms with E-state index in [2.05, 4.69) is 0 Å². The smallest absolute Gasteiger partial charge is 0.201 e. The molecule has 6 nitrogen and oxygen atoms in total. The van der Waals surface area contributed by atoms with Gasteiger partial charge in [-0.1, -0.05) is 24.3 Å². The fraction of sp³-hybridized carbons (Fsp3) is 0. The van der Waals surface area contributed by atoms with Crippen molar-refractivity contribution < 1.29 is 19.0 Å². The van der Waals surface area contributed by atoms with E-state index >= 15 is 0 Å². The Hall–Kier alpha value is -5.62. The van der Waals surface area contributed by atoms with Gasteiger partial charge in [0.2, 0.25) is 10.9 Å². The number of rotatable bonds is 1. The van der Waals surface area contributed by atoms with E-state index in [0.717, 1.165) is 0 Å². The van der Waals surface area contributed by atoms with Gasteiger partial charge in [0.1, 0.15) is 33.8 Å². The lowest BCUT2D eigenvalue weighted by Crippen LogP contribution is -2.04. The van der Waals surface area contributed by atoms with Gasteiger partial charge in [-0.05, 0) is 89.1 Å². The standard InChI is InChI=1S/C34H18O6/c35-19-9-10-20-17(13-19)14-24(34-31(20)33(38)23-6-2-4-8-28(23)40-34)18-15-25-21(26(36)16-18)11-12-29-30(25)32(37)22-5-1-3-7-27(22)39-29/h1-16,35-36H. The zero-order valence-corrected chi connectivity index (χ0v) is 20.8. The van der Waals surface area contributed by atoms with Crippen LogP contribution in [-0.2, 0) is 0 Å². The van der Waals surface area contributed by atoms with Crippen LogP contribution in [0.25, 0.3) is 76.5 Å². The molecule has 0 aliphatic rings. The second-order valence-electron chi connectivity index (χ2n) is 9.92. The number of phenolic OH excluding ortho intramolecular Hbond substituents is 2. The largest absolute Gasteiger partial charge is 0.508 e. The van der Waals surface area contributed by atoms with Crippen LogP contribution in [0.5, 0.6) is 11.5 Å². The fourth-order valence-corrected chi connectivity index (χ4v) is 5.78. The fourth-order valence-electron chi connectivity index (χ4n) is 5.78. The number of aromatic hydroxyl groups is 2. The molecule has 0 saturated heterocycles. The number of hydrogen-bond acceptors (Lipinski definition) is 6. The van der Waals surface area contributed by atoms with Crippen molar-refractivity contribution in [1.82, 2.24) is 0 Å². The molecule has 6 heteroatoms. The summed E-state index contributed by atoms with van der Waals surface area (Å²) in [6, 6.07) is 27.5. The Balaban J connectivity index is 1.56. The number of phenols is 2. The van der Waals surface area contributed by atoms with Crippen LogP contribution in [0.2, 0.25) is 0 Å². The summed E-state index contributed by atoms with van der Waals surface area (Å²) >= 11 is 0. The normalized spacial score (nSPS) is 11.9. The van der Waals surface area contributed by atoms with Crippen molar-refractivity contribution in [3.63, 3.8) is 0 Å². The molecular formula is C34H18O6. The van der Waals surface area contributed by atoms with E-state index in [1.165, 1.54) is 6.07 Å². The molecule has 0 atom stereocenters. The zero-order chi connectivity index (χ0) is 27.1. The maximum atomic E-state index is 13.8. The van der Waals surface area contributed by atoms with Crippen molar-refractivity contribution in [3.8, 4) is 22.6 Å². The van der Waals surface area contributed by atoms with Gasteiger partial charge in [-0.2, -0.15) is 0 Å². The highest BCUT2D eigenvalue weighted by Crippen LogP contribution is 2.40. The van der Waals surface area contributed by atoms with Crippen LogP contribution in [0.1, 0.15) is 0 Å². The van der Waals surface area contributed by atoms with Gasteiger partial charge in [-0.3, -0.25) is 9.59 Å². The summed E-state index contributed by atoms with van der Waals surface area (Å²) in [5.41, 5.74) is 2.34. The monoisotopic (exact) mass is 522 g/mol. The molecule has 0 saturated carbocycles. The van der Waals surface area contributed by atoms with Crippen LogP contribution < -0.4 is 10.9 Å². The lowest BCUT2D eigenvalue weighted by Gasteiger charge is -2.13. The highest BCUT2D eigenvalue weighted by atomic mass is 16.3. The van der Waals surface area contributed by atoms with Gasteiger partial charge in [0.05, 0.1) is 21.5 Å². The van der Waals surface area contributed by atoms with E-state index in [4.69, 9.17) is 8.83 Å². The number of para-hydroxylation sites is 2. The predicted octanol–water partition coefficient (Wildman–Crippen LogP) is 7.59. The van der Waals surface area contributed by atoms with E-state index in [-0.39, 0.29) is 22.4 Å². The van der Waals surface area contributed by atoms with Gasteiger partial charge in [-0.15, -0.1) is 0 Å². The summed E-state index contributed by atoms with van der Waals surface area (Å²) in [5.74, 6) is 0.0223. The minimum absolute atomic E-state index is 0.0331. The van der Waals surface area contributed by atoms with Crippen LogP contribution in [0.3, 0.4) is 0 Å². The summed E-state index contributed by atoms with van der Waals surface area (Å²) < 4.78 is 12.4. The molecule has 0 radical (unpaired) electrons. The third-order valence-electron chi connectivity index (χ3n) is 7.61. The second-order valence-corrected chi connectivity index (χ2v) is 9.92. The number of hydrogen-bond donors (Lipinski definition) is 2. The van der Waals surface area contributed by atoms with Crippen LogP contribution in [-0.4, -0.2) is 10.2 Å². The number of benzene rings is 6. The minimum atomic E-state index is -0.204. The highest BCUT2D eigenvalue weighted by Gasteiger charge is 2.19. The Labute approximate surface area is 224 Å². The molecule has 2 N–H and O–H groups in total. The zero-order valence-electron chi connectivity index (χ0n) is 20.8. The van der Waals surface area contributed by atoms with Crippen LogP contribution >= 0.6 is 0 Å². The van der Waals surface area contributed by atoms with E-state index in [1.54, 1.807) is 72.8 Å². The van der Waals surface area contributed by atoms with Crippen molar-refractivity contribution in [2.45, 2.75) is 0 Å². The molecule has 2 aromatic heterocycles. The molecule has 0 aliphatic carbocycles. The van der Waals surface area contributed by atoms with Crippen molar-refractivity contribution >= 4 is 65.4 Å². The molecular weight excluding hydrogens is 504 g/mol. The molecule has 0 unspecified atom stereocenters.